The van der Waals surface area contributed by atoms with Crippen LogP contribution in [0.4, 0.5) is 0 Å². The third-order valence-electron chi connectivity index (χ3n) is 2.41. The number of methoxy groups -OCH3 is 1. The van der Waals surface area contributed by atoms with Gasteiger partial charge in [0.15, 0.2) is 0 Å². The van der Waals surface area contributed by atoms with E-state index in [0.29, 0.717) is 17.1 Å². The lowest BCUT2D eigenvalue weighted by molar-refractivity contribution is -0.139. The highest BCUT2D eigenvalue weighted by molar-refractivity contribution is 5.98. The normalized spacial score (nSPS) is 10.0. The van der Waals surface area contributed by atoms with Gasteiger partial charge in [-0.15, -0.1) is 0 Å². The summed E-state index contributed by atoms with van der Waals surface area (Å²) in [5.41, 5.74) is 1.28. The van der Waals surface area contributed by atoms with Crippen LogP contribution in [0.25, 0.3) is 0 Å². The van der Waals surface area contributed by atoms with Gasteiger partial charge < -0.3 is 14.5 Å². The number of esters is 1. The van der Waals surface area contributed by atoms with Crippen molar-refractivity contribution in [2.24, 2.45) is 0 Å². The van der Waals surface area contributed by atoms with E-state index in [0.717, 1.165) is 5.56 Å². The third kappa shape index (κ3) is 2.42. The van der Waals surface area contributed by atoms with Crippen LogP contribution in [-0.4, -0.2) is 25.5 Å². The Morgan fingerprint density at radius 1 is 1.25 bits per heavy atom. The maximum absolute atomic E-state index is 11.7. The summed E-state index contributed by atoms with van der Waals surface area (Å²) in [5, 5.41) is 2.47. The molecule has 0 aliphatic heterocycles. The molecule has 1 amide bonds. The average Bonchev–Trinajstić information content (AvgIpc) is 2.49. The second kappa shape index (κ2) is 4.83. The number of carbonyl (C=O) groups is 2. The summed E-state index contributed by atoms with van der Waals surface area (Å²) >= 11 is 0. The lowest BCUT2D eigenvalue weighted by Gasteiger charge is -2.03. The van der Waals surface area contributed by atoms with E-state index in [1.54, 1.807) is 20.8 Å². The third-order valence-corrected chi connectivity index (χ3v) is 2.41. The molecule has 0 aliphatic rings. The highest BCUT2D eigenvalue weighted by atomic mass is 16.5. The Balaban J connectivity index is 2.77. The summed E-state index contributed by atoms with van der Waals surface area (Å²) in [5.74, 6) is 0.458. The first kappa shape index (κ1) is 12.3. The van der Waals surface area contributed by atoms with Crippen molar-refractivity contribution in [3.63, 3.8) is 0 Å². The average molecular weight is 225 g/mol. The Morgan fingerprint density at radius 3 is 2.31 bits per heavy atom. The van der Waals surface area contributed by atoms with Gasteiger partial charge in [-0.05, 0) is 20.8 Å². The van der Waals surface area contributed by atoms with E-state index in [1.807, 2.05) is 0 Å². The SMILES string of the molecule is COC(=O)CNC(=O)c1c(C)oc(C)c1C. The predicted octanol–water partition coefficient (Wildman–Crippen LogP) is 1.11. The maximum Gasteiger partial charge on any atom is 0.325 e. The van der Waals surface area contributed by atoms with Gasteiger partial charge in [-0.1, -0.05) is 0 Å². The molecule has 0 saturated heterocycles. The minimum atomic E-state index is -0.483. The highest BCUT2D eigenvalue weighted by Crippen LogP contribution is 2.20. The van der Waals surface area contributed by atoms with Gasteiger partial charge in [-0.2, -0.15) is 0 Å². The van der Waals surface area contributed by atoms with Crippen molar-refractivity contribution in [3.05, 3.63) is 22.6 Å². The van der Waals surface area contributed by atoms with Crippen molar-refractivity contribution in [3.8, 4) is 0 Å². The molecule has 0 fully saturated rings. The van der Waals surface area contributed by atoms with Crippen molar-refractivity contribution in [1.29, 1.82) is 0 Å². The molecule has 1 N–H and O–H groups in total. The van der Waals surface area contributed by atoms with Crippen LogP contribution in [-0.2, 0) is 9.53 Å². The molecular formula is C11H15NO4. The zero-order valence-electron chi connectivity index (χ0n) is 9.84. The molecule has 0 bridgehead atoms. The number of hydrogen-bond acceptors (Lipinski definition) is 4. The van der Waals surface area contributed by atoms with Crippen molar-refractivity contribution >= 4 is 11.9 Å². The lowest BCUT2D eigenvalue weighted by atomic mass is 10.1. The first-order chi connectivity index (χ1) is 7.47. The molecule has 16 heavy (non-hydrogen) atoms. The van der Waals surface area contributed by atoms with Crippen LogP contribution in [0.2, 0.25) is 0 Å². The molecule has 0 aliphatic carbocycles. The first-order valence-corrected chi connectivity index (χ1v) is 4.89. The van der Waals surface area contributed by atoms with Crippen LogP contribution in [0.1, 0.15) is 27.4 Å². The molecule has 5 nitrogen and oxygen atoms in total. The van der Waals surface area contributed by atoms with Crippen molar-refractivity contribution < 1.29 is 18.7 Å². The Kier molecular flexibility index (Phi) is 3.71. The van der Waals surface area contributed by atoms with Crippen molar-refractivity contribution in [2.45, 2.75) is 20.8 Å². The summed E-state index contributed by atoms with van der Waals surface area (Å²) in [7, 11) is 1.27. The molecule has 0 spiro atoms. The van der Waals surface area contributed by atoms with Crippen LogP contribution in [0.15, 0.2) is 4.42 Å². The number of rotatable bonds is 3. The summed E-state index contributed by atoms with van der Waals surface area (Å²) in [6, 6.07) is 0. The smallest absolute Gasteiger partial charge is 0.325 e. The van der Waals surface area contributed by atoms with Gasteiger partial charge in [0.2, 0.25) is 0 Å². The molecule has 0 aromatic carbocycles. The standard InChI is InChI=1S/C11H15NO4/c1-6-7(2)16-8(3)10(6)11(14)12-5-9(13)15-4/h5H2,1-4H3,(H,12,14). The first-order valence-electron chi connectivity index (χ1n) is 4.89. The zero-order chi connectivity index (χ0) is 12.3. The van der Waals surface area contributed by atoms with Gasteiger partial charge >= 0.3 is 5.97 Å². The Hall–Kier alpha value is -1.78. The monoisotopic (exact) mass is 225 g/mol. The minimum Gasteiger partial charge on any atom is -0.468 e. The van der Waals surface area contributed by atoms with Crippen LogP contribution in [0.5, 0.6) is 0 Å². The van der Waals surface area contributed by atoms with Crippen molar-refractivity contribution in [1.82, 2.24) is 5.32 Å². The number of ether oxygens (including phenoxy) is 1. The number of amides is 1. The van der Waals surface area contributed by atoms with E-state index < -0.39 is 5.97 Å². The molecule has 1 rings (SSSR count). The van der Waals surface area contributed by atoms with Crippen LogP contribution < -0.4 is 5.32 Å². The fourth-order valence-electron chi connectivity index (χ4n) is 1.44. The van der Waals surface area contributed by atoms with E-state index in [1.165, 1.54) is 7.11 Å². The van der Waals surface area contributed by atoms with Gasteiger partial charge in [0.1, 0.15) is 18.1 Å². The number of aryl methyl sites for hydroxylation is 2. The Labute approximate surface area is 93.8 Å². The van der Waals surface area contributed by atoms with Crippen LogP contribution in [0.3, 0.4) is 0 Å². The molecule has 0 saturated carbocycles. The van der Waals surface area contributed by atoms with Gasteiger partial charge in [0.05, 0.1) is 12.7 Å². The van der Waals surface area contributed by atoms with E-state index in [-0.39, 0.29) is 12.5 Å². The topological polar surface area (TPSA) is 68.5 Å². The molecular weight excluding hydrogens is 210 g/mol. The van der Waals surface area contributed by atoms with E-state index in [4.69, 9.17) is 4.42 Å². The van der Waals surface area contributed by atoms with E-state index in [9.17, 15) is 9.59 Å². The summed E-state index contributed by atoms with van der Waals surface area (Å²) in [6.07, 6.45) is 0. The number of carbonyl (C=O) groups excluding carboxylic acids is 2. The molecule has 0 unspecified atom stereocenters. The molecule has 0 atom stereocenters. The van der Waals surface area contributed by atoms with Crippen LogP contribution >= 0.6 is 0 Å². The largest absolute Gasteiger partial charge is 0.468 e. The van der Waals surface area contributed by atoms with Gasteiger partial charge in [0.25, 0.3) is 5.91 Å². The molecule has 88 valence electrons. The fourth-order valence-corrected chi connectivity index (χ4v) is 1.44. The van der Waals surface area contributed by atoms with Gasteiger partial charge in [-0.25, -0.2) is 0 Å². The molecule has 1 aromatic rings. The molecule has 1 aromatic heterocycles. The molecule has 5 heteroatoms. The second-order valence-electron chi connectivity index (χ2n) is 3.47. The molecule has 0 radical (unpaired) electrons. The van der Waals surface area contributed by atoms with Crippen LogP contribution in [0, 0.1) is 20.8 Å². The molecule has 1 heterocycles. The highest BCUT2D eigenvalue weighted by Gasteiger charge is 2.18. The fraction of sp³-hybridized carbons (Fsp3) is 0.455. The summed E-state index contributed by atoms with van der Waals surface area (Å²) in [4.78, 5) is 22.6. The number of furan rings is 1. The van der Waals surface area contributed by atoms with Gasteiger partial charge in [0, 0.05) is 5.56 Å². The second-order valence-corrected chi connectivity index (χ2v) is 3.47. The zero-order valence-corrected chi connectivity index (χ0v) is 9.84. The lowest BCUT2D eigenvalue weighted by Crippen LogP contribution is -2.30. The Bertz CT molecular complexity index is 420. The number of hydrogen-bond donors (Lipinski definition) is 1. The van der Waals surface area contributed by atoms with E-state index >= 15 is 0 Å². The summed E-state index contributed by atoms with van der Waals surface area (Å²) < 4.78 is 9.75. The number of nitrogens with one attached hydrogen (secondary N) is 1. The minimum absolute atomic E-state index is 0.140. The summed E-state index contributed by atoms with van der Waals surface area (Å²) in [6.45, 7) is 5.17. The maximum atomic E-state index is 11.7. The van der Waals surface area contributed by atoms with Gasteiger partial charge in [-0.3, -0.25) is 9.59 Å². The quantitative estimate of drug-likeness (QED) is 0.782. The Morgan fingerprint density at radius 2 is 1.88 bits per heavy atom. The van der Waals surface area contributed by atoms with Crippen molar-refractivity contribution in [2.75, 3.05) is 13.7 Å². The van der Waals surface area contributed by atoms with E-state index in [2.05, 4.69) is 10.1 Å². The predicted molar refractivity (Wildman–Crippen MR) is 57.3 cm³/mol.